The number of nitrogens with zero attached hydrogens (tertiary/aromatic N) is 3. The number of aryl methyl sites for hydroxylation is 1. The van der Waals surface area contributed by atoms with Gasteiger partial charge in [0.2, 0.25) is 5.91 Å². The second kappa shape index (κ2) is 8.40. The van der Waals surface area contributed by atoms with Crippen molar-refractivity contribution in [1.82, 2.24) is 25.6 Å². The highest BCUT2D eigenvalue weighted by Crippen LogP contribution is 2.26. The van der Waals surface area contributed by atoms with E-state index in [1.165, 1.54) is 4.68 Å². The van der Waals surface area contributed by atoms with E-state index in [2.05, 4.69) is 27.9 Å². The standard InChI is InChI=1S/C17H23N5O2.ClH/c1-17(7-9-18-10-8-17)12-19-15(23)6-11-22-16(24)13-4-2-3-5-14(13)20-21-22;/h2-5,18H,6-12H2,1H3,(H,19,23);1H. The summed E-state index contributed by atoms with van der Waals surface area (Å²) in [7, 11) is 0. The Bertz CT molecular complexity index is 786. The summed E-state index contributed by atoms with van der Waals surface area (Å²) in [6.45, 7) is 5.10. The molecule has 1 aromatic heterocycles. The van der Waals surface area contributed by atoms with Gasteiger partial charge in [-0.3, -0.25) is 9.59 Å². The monoisotopic (exact) mass is 365 g/mol. The van der Waals surface area contributed by atoms with E-state index < -0.39 is 0 Å². The van der Waals surface area contributed by atoms with Crippen LogP contribution in [0.5, 0.6) is 0 Å². The maximum atomic E-state index is 12.3. The average Bonchev–Trinajstić information content (AvgIpc) is 2.60. The van der Waals surface area contributed by atoms with E-state index in [0.717, 1.165) is 25.9 Å². The number of halogens is 1. The molecule has 0 bridgehead atoms. The highest BCUT2D eigenvalue weighted by molar-refractivity contribution is 5.85. The van der Waals surface area contributed by atoms with E-state index >= 15 is 0 Å². The Balaban J connectivity index is 0.00000225. The summed E-state index contributed by atoms with van der Waals surface area (Å²) in [6, 6.07) is 7.08. The van der Waals surface area contributed by atoms with Crippen LogP contribution in [0, 0.1) is 5.41 Å². The Morgan fingerprint density at radius 3 is 2.80 bits per heavy atom. The van der Waals surface area contributed by atoms with E-state index in [0.29, 0.717) is 17.4 Å². The van der Waals surface area contributed by atoms with E-state index in [1.54, 1.807) is 18.2 Å². The zero-order chi connectivity index (χ0) is 17.0. The molecule has 2 N–H and O–H groups in total. The molecule has 8 heteroatoms. The number of carbonyl (C=O) groups is 1. The first kappa shape index (κ1) is 19.3. The van der Waals surface area contributed by atoms with Crippen LogP contribution >= 0.6 is 12.4 Å². The third-order valence-electron chi connectivity index (χ3n) is 4.70. The number of rotatable bonds is 5. The van der Waals surface area contributed by atoms with Crippen molar-refractivity contribution < 1.29 is 4.79 Å². The van der Waals surface area contributed by atoms with E-state index in [9.17, 15) is 9.59 Å². The van der Waals surface area contributed by atoms with Gasteiger partial charge in [0.05, 0.1) is 11.9 Å². The summed E-state index contributed by atoms with van der Waals surface area (Å²) in [6.07, 6.45) is 2.34. The van der Waals surface area contributed by atoms with Crippen LogP contribution in [0.1, 0.15) is 26.2 Å². The fraction of sp³-hybridized carbons (Fsp3) is 0.529. The molecule has 1 aromatic carbocycles. The minimum Gasteiger partial charge on any atom is -0.355 e. The molecular weight excluding hydrogens is 342 g/mol. The third-order valence-corrected chi connectivity index (χ3v) is 4.70. The van der Waals surface area contributed by atoms with E-state index in [-0.39, 0.29) is 42.3 Å². The summed E-state index contributed by atoms with van der Waals surface area (Å²) < 4.78 is 1.26. The van der Waals surface area contributed by atoms with Gasteiger partial charge in [0.15, 0.2) is 0 Å². The summed E-state index contributed by atoms with van der Waals surface area (Å²) in [5.41, 5.74) is 0.515. The maximum absolute atomic E-state index is 12.3. The molecular formula is C17H24ClN5O2. The van der Waals surface area contributed by atoms with Gasteiger partial charge in [0, 0.05) is 13.0 Å². The lowest BCUT2D eigenvalue weighted by Crippen LogP contribution is -2.43. The zero-order valence-corrected chi connectivity index (χ0v) is 15.1. The predicted molar refractivity (Wildman–Crippen MR) is 98.9 cm³/mol. The quantitative estimate of drug-likeness (QED) is 0.828. The Morgan fingerprint density at radius 1 is 1.32 bits per heavy atom. The van der Waals surface area contributed by atoms with Crippen LogP contribution in [0.2, 0.25) is 0 Å². The average molecular weight is 366 g/mol. The number of benzene rings is 1. The molecule has 0 aliphatic carbocycles. The van der Waals surface area contributed by atoms with Crippen LogP contribution in [0.25, 0.3) is 10.9 Å². The molecule has 1 aliphatic rings. The van der Waals surface area contributed by atoms with Gasteiger partial charge in [-0.1, -0.05) is 24.3 Å². The Kier molecular flexibility index (Phi) is 6.50. The largest absolute Gasteiger partial charge is 0.355 e. The van der Waals surface area contributed by atoms with Crippen molar-refractivity contribution in [3.8, 4) is 0 Å². The lowest BCUT2D eigenvalue weighted by atomic mass is 9.81. The van der Waals surface area contributed by atoms with Gasteiger partial charge >= 0.3 is 0 Å². The number of fused-ring (bicyclic) bond motifs is 1. The zero-order valence-electron chi connectivity index (χ0n) is 14.3. The van der Waals surface area contributed by atoms with Crippen molar-refractivity contribution in [2.24, 2.45) is 5.41 Å². The maximum Gasteiger partial charge on any atom is 0.277 e. The highest BCUT2D eigenvalue weighted by Gasteiger charge is 2.26. The van der Waals surface area contributed by atoms with Gasteiger partial charge in [-0.05, 0) is 43.5 Å². The molecule has 0 saturated carbocycles. The fourth-order valence-corrected chi connectivity index (χ4v) is 2.98. The number of piperidine rings is 1. The second-order valence-electron chi connectivity index (χ2n) is 6.72. The third kappa shape index (κ3) is 4.76. The number of hydrogen-bond donors (Lipinski definition) is 2. The van der Waals surface area contributed by atoms with Crippen molar-refractivity contribution in [1.29, 1.82) is 0 Å². The molecule has 0 radical (unpaired) electrons. The molecule has 0 atom stereocenters. The first-order chi connectivity index (χ1) is 11.6. The summed E-state index contributed by atoms with van der Waals surface area (Å²) in [4.78, 5) is 24.4. The molecule has 0 spiro atoms. The molecule has 2 aromatic rings. The molecule has 1 amide bonds. The fourth-order valence-electron chi connectivity index (χ4n) is 2.98. The van der Waals surface area contributed by atoms with Crippen molar-refractivity contribution in [3.05, 3.63) is 34.6 Å². The summed E-state index contributed by atoms with van der Waals surface area (Å²) >= 11 is 0. The van der Waals surface area contributed by atoms with Crippen molar-refractivity contribution in [2.45, 2.75) is 32.7 Å². The molecule has 1 saturated heterocycles. The SMILES string of the molecule is CC1(CNC(=O)CCn2nnc3ccccc3c2=O)CCNCC1.Cl. The van der Waals surface area contributed by atoms with E-state index in [1.807, 2.05) is 6.07 Å². The first-order valence-corrected chi connectivity index (χ1v) is 8.37. The second-order valence-corrected chi connectivity index (χ2v) is 6.72. The highest BCUT2D eigenvalue weighted by atomic mass is 35.5. The summed E-state index contributed by atoms with van der Waals surface area (Å²) in [5.74, 6) is -0.0587. The van der Waals surface area contributed by atoms with Crippen LogP contribution in [0.3, 0.4) is 0 Å². The van der Waals surface area contributed by atoms with Crippen LogP contribution in [0.15, 0.2) is 29.1 Å². The van der Waals surface area contributed by atoms with Crippen LogP contribution in [0.4, 0.5) is 0 Å². The van der Waals surface area contributed by atoms with Gasteiger partial charge < -0.3 is 10.6 Å². The molecule has 136 valence electrons. The van der Waals surface area contributed by atoms with Crippen LogP contribution < -0.4 is 16.2 Å². The number of carbonyl (C=O) groups excluding carboxylic acids is 1. The molecule has 0 unspecified atom stereocenters. The van der Waals surface area contributed by atoms with E-state index in [4.69, 9.17) is 0 Å². The van der Waals surface area contributed by atoms with Gasteiger partial charge in [0.25, 0.3) is 5.56 Å². The smallest absolute Gasteiger partial charge is 0.277 e. The number of amides is 1. The van der Waals surface area contributed by atoms with Gasteiger partial charge in [-0.25, -0.2) is 4.68 Å². The molecule has 1 fully saturated rings. The van der Waals surface area contributed by atoms with Crippen LogP contribution in [-0.2, 0) is 11.3 Å². The molecule has 7 nitrogen and oxygen atoms in total. The minimum atomic E-state index is -0.210. The molecule has 2 heterocycles. The predicted octanol–water partition coefficient (Wildman–Crippen LogP) is 1.11. The normalized spacial score (nSPS) is 16.2. The summed E-state index contributed by atoms with van der Waals surface area (Å²) in [5, 5.41) is 14.8. The first-order valence-electron chi connectivity index (χ1n) is 8.37. The molecule has 1 aliphatic heterocycles. The number of aromatic nitrogens is 3. The molecule has 25 heavy (non-hydrogen) atoms. The van der Waals surface area contributed by atoms with Crippen LogP contribution in [-0.4, -0.2) is 40.5 Å². The Morgan fingerprint density at radius 2 is 2.04 bits per heavy atom. The molecule has 3 rings (SSSR count). The Labute approximate surface area is 152 Å². The minimum absolute atomic E-state index is 0. The Hall–Kier alpha value is -1.99. The van der Waals surface area contributed by atoms with Crippen molar-refractivity contribution in [2.75, 3.05) is 19.6 Å². The van der Waals surface area contributed by atoms with Gasteiger partial charge in [0.1, 0.15) is 5.52 Å². The van der Waals surface area contributed by atoms with Crippen molar-refractivity contribution >= 4 is 29.2 Å². The van der Waals surface area contributed by atoms with Gasteiger partial charge in [-0.15, -0.1) is 17.5 Å². The number of nitrogens with one attached hydrogen (secondary N) is 2. The topological polar surface area (TPSA) is 88.9 Å². The number of hydrogen-bond acceptors (Lipinski definition) is 5. The van der Waals surface area contributed by atoms with Gasteiger partial charge in [-0.2, -0.15) is 0 Å². The van der Waals surface area contributed by atoms with Crippen molar-refractivity contribution in [3.63, 3.8) is 0 Å². The lowest BCUT2D eigenvalue weighted by molar-refractivity contribution is -0.121. The lowest BCUT2D eigenvalue weighted by Gasteiger charge is -2.34.